The highest BCUT2D eigenvalue weighted by Gasteiger charge is 2.30. The van der Waals surface area contributed by atoms with E-state index in [1.165, 1.54) is 37.0 Å². The van der Waals surface area contributed by atoms with Crippen LogP contribution < -0.4 is 14.8 Å². The number of hydrogen-bond acceptors (Lipinski definition) is 7. The minimum absolute atomic E-state index is 0.0112. The van der Waals surface area contributed by atoms with E-state index in [0.717, 1.165) is 6.07 Å². The fourth-order valence-corrected chi connectivity index (χ4v) is 4.42. The van der Waals surface area contributed by atoms with Crippen LogP contribution in [0.3, 0.4) is 0 Å². The number of methoxy groups -OCH3 is 2. The van der Waals surface area contributed by atoms with Gasteiger partial charge in [0.2, 0.25) is 15.9 Å². The van der Waals surface area contributed by atoms with Crippen molar-refractivity contribution >= 4 is 15.8 Å². The highest BCUT2D eigenvalue weighted by molar-refractivity contribution is 7.89. The van der Waals surface area contributed by atoms with E-state index in [-0.39, 0.29) is 16.7 Å². The molecule has 2 heterocycles. The van der Waals surface area contributed by atoms with Gasteiger partial charge in [0.1, 0.15) is 12.1 Å². The molecule has 0 saturated carbocycles. The molecule has 3 rings (SSSR count). The van der Waals surface area contributed by atoms with E-state index in [4.69, 9.17) is 9.47 Å². The molecule has 1 N–H and O–H groups in total. The summed E-state index contributed by atoms with van der Waals surface area (Å²) in [6, 6.07) is 5.42. The van der Waals surface area contributed by atoms with Crippen LogP contribution in [-0.2, 0) is 10.0 Å². The van der Waals surface area contributed by atoms with Crippen LogP contribution in [0.1, 0.15) is 12.8 Å². The van der Waals surface area contributed by atoms with Gasteiger partial charge in [-0.05, 0) is 31.0 Å². The molecule has 2 aromatic rings. The van der Waals surface area contributed by atoms with Crippen molar-refractivity contribution in [3.63, 3.8) is 0 Å². The summed E-state index contributed by atoms with van der Waals surface area (Å²) in [5.41, 5.74) is 0. The van der Waals surface area contributed by atoms with Crippen LogP contribution >= 0.6 is 0 Å². The van der Waals surface area contributed by atoms with Gasteiger partial charge in [0.25, 0.3) is 0 Å². The number of halogens is 1. The summed E-state index contributed by atoms with van der Waals surface area (Å²) in [6.45, 7) is 0.658. The summed E-state index contributed by atoms with van der Waals surface area (Å²) in [5, 5.41) is 3.26. The van der Waals surface area contributed by atoms with Crippen LogP contribution in [0, 0.1) is 5.82 Å². The van der Waals surface area contributed by atoms with Crippen LogP contribution in [0.15, 0.2) is 35.5 Å². The van der Waals surface area contributed by atoms with Crippen LogP contribution in [-0.4, -0.2) is 56.0 Å². The lowest BCUT2D eigenvalue weighted by Crippen LogP contribution is -2.42. The monoisotopic (exact) mass is 396 g/mol. The Hall–Kier alpha value is -2.46. The van der Waals surface area contributed by atoms with E-state index >= 15 is 0 Å². The van der Waals surface area contributed by atoms with Crippen molar-refractivity contribution in [3.8, 4) is 11.6 Å². The number of piperidine rings is 1. The Morgan fingerprint density at radius 2 is 1.89 bits per heavy atom. The van der Waals surface area contributed by atoms with Gasteiger partial charge in [0.15, 0.2) is 11.6 Å². The molecule has 0 bridgehead atoms. The number of nitrogens with one attached hydrogen (secondary N) is 1. The maximum absolute atomic E-state index is 13.9. The van der Waals surface area contributed by atoms with Crippen molar-refractivity contribution < 1.29 is 22.3 Å². The van der Waals surface area contributed by atoms with Crippen LogP contribution in [0.5, 0.6) is 11.6 Å². The molecule has 0 amide bonds. The van der Waals surface area contributed by atoms with Gasteiger partial charge in [-0.1, -0.05) is 0 Å². The minimum atomic E-state index is -3.75. The first-order valence-corrected chi connectivity index (χ1v) is 9.84. The SMILES string of the molecule is COc1cc(NC2CCN(S(=O)(=O)c3ccc(OC)c(F)c3)CC2)ncn1. The Bertz CT molecular complexity index is 902. The molecular weight excluding hydrogens is 375 g/mol. The quantitative estimate of drug-likeness (QED) is 0.797. The average molecular weight is 396 g/mol. The molecule has 0 unspecified atom stereocenters. The topological polar surface area (TPSA) is 93.7 Å². The maximum atomic E-state index is 13.9. The van der Waals surface area contributed by atoms with E-state index < -0.39 is 15.8 Å². The number of ether oxygens (including phenoxy) is 2. The zero-order valence-corrected chi connectivity index (χ0v) is 15.9. The van der Waals surface area contributed by atoms with E-state index in [1.807, 2.05) is 0 Å². The largest absolute Gasteiger partial charge is 0.494 e. The third-order valence-electron chi connectivity index (χ3n) is 4.42. The zero-order valence-electron chi connectivity index (χ0n) is 15.1. The molecule has 0 spiro atoms. The van der Waals surface area contributed by atoms with Crippen LogP contribution in [0.25, 0.3) is 0 Å². The molecule has 1 aliphatic rings. The molecule has 0 aliphatic carbocycles. The van der Waals surface area contributed by atoms with E-state index in [2.05, 4.69) is 15.3 Å². The summed E-state index contributed by atoms with van der Waals surface area (Å²) in [7, 11) is -0.896. The first-order valence-electron chi connectivity index (χ1n) is 8.40. The summed E-state index contributed by atoms with van der Waals surface area (Å²) in [4.78, 5) is 8.01. The summed E-state index contributed by atoms with van der Waals surface area (Å²) in [5.74, 6) is 0.388. The Morgan fingerprint density at radius 3 is 2.52 bits per heavy atom. The molecule has 0 atom stereocenters. The Labute approximate surface area is 157 Å². The molecule has 10 heteroatoms. The zero-order chi connectivity index (χ0) is 19.4. The average Bonchev–Trinajstić information content (AvgIpc) is 2.68. The first kappa shape index (κ1) is 19.3. The first-order chi connectivity index (χ1) is 12.9. The van der Waals surface area contributed by atoms with E-state index in [1.54, 1.807) is 6.07 Å². The number of rotatable bonds is 6. The van der Waals surface area contributed by atoms with Crippen molar-refractivity contribution in [3.05, 3.63) is 36.4 Å². The number of sulfonamides is 1. The minimum Gasteiger partial charge on any atom is -0.494 e. The van der Waals surface area contributed by atoms with Gasteiger partial charge in [-0.2, -0.15) is 4.31 Å². The fraction of sp³-hybridized carbons (Fsp3) is 0.412. The van der Waals surface area contributed by atoms with Crippen molar-refractivity contribution in [2.75, 3.05) is 32.6 Å². The molecule has 27 heavy (non-hydrogen) atoms. The number of anilines is 1. The second-order valence-corrected chi connectivity index (χ2v) is 8.00. The maximum Gasteiger partial charge on any atom is 0.243 e. The summed E-state index contributed by atoms with van der Waals surface area (Å²) in [6.07, 6.45) is 2.60. The van der Waals surface area contributed by atoms with Crippen molar-refractivity contribution in [2.24, 2.45) is 0 Å². The Kier molecular flexibility index (Phi) is 5.76. The fourth-order valence-electron chi connectivity index (χ4n) is 2.94. The Morgan fingerprint density at radius 1 is 1.15 bits per heavy atom. The lowest BCUT2D eigenvalue weighted by atomic mass is 10.1. The molecule has 1 aromatic carbocycles. The smallest absolute Gasteiger partial charge is 0.243 e. The second kappa shape index (κ2) is 8.05. The third-order valence-corrected chi connectivity index (χ3v) is 6.31. The highest BCUT2D eigenvalue weighted by atomic mass is 32.2. The van der Waals surface area contributed by atoms with Crippen LogP contribution in [0.2, 0.25) is 0 Å². The lowest BCUT2D eigenvalue weighted by Gasteiger charge is -2.31. The van der Waals surface area contributed by atoms with Gasteiger partial charge in [0, 0.05) is 25.2 Å². The standard InChI is InChI=1S/C17H21FN4O4S/c1-25-15-4-3-13(9-14(15)18)27(23,24)22-7-5-12(6-8-22)21-16-10-17(26-2)20-11-19-16/h3-4,9-12H,5-8H2,1-2H3,(H,19,20,21). The molecular formula is C17H21FN4O4S. The van der Waals surface area contributed by atoms with Gasteiger partial charge in [-0.25, -0.2) is 22.8 Å². The van der Waals surface area contributed by atoms with E-state index in [9.17, 15) is 12.8 Å². The molecule has 146 valence electrons. The molecule has 0 radical (unpaired) electrons. The third kappa shape index (κ3) is 4.28. The van der Waals surface area contributed by atoms with Crippen molar-refractivity contribution in [2.45, 2.75) is 23.8 Å². The van der Waals surface area contributed by atoms with Crippen molar-refractivity contribution in [1.82, 2.24) is 14.3 Å². The number of aromatic nitrogens is 2. The highest BCUT2D eigenvalue weighted by Crippen LogP contribution is 2.26. The predicted octanol–water partition coefficient (Wildman–Crippen LogP) is 1.90. The molecule has 1 saturated heterocycles. The molecule has 1 aromatic heterocycles. The van der Waals surface area contributed by atoms with Crippen LogP contribution in [0.4, 0.5) is 10.2 Å². The number of nitrogens with zero attached hydrogens (tertiary/aromatic N) is 3. The van der Waals surface area contributed by atoms with Crippen molar-refractivity contribution in [1.29, 1.82) is 0 Å². The molecule has 1 aliphatic heterocycles. The Balaban J connectivity index is 1.64. The number of hydrogen-bond donors (Lipinski definition) is 1. The van der Waals surface area contributed by atoms with Gasteiger partial charge in [-0.3, -0.25) is 0 Å². The lowest BCUT2D eigenvalue weighted by molar-refractivity contribution is 0.329. The van der Waals surface area contributed by atoms with Gasteiger partial charge >= 0.3 is 0 Å². The van der Waals surface area contributed by atoms with Gasteiger partial charge < -0.3 is 14.8 Å². The molecule has 1 fully saturated rings. The van der Waals surface area contributed by atoms with E-state index in [0.29, 0.717) is 37.6 Å². The van der Waals surface area contributed by atoms with Gasteiger partial charge in [0.05, 0.1) is 19.1 Å². The molecule has 8 nitrogen and oxygen atoms in total. The normalized spacial score (nSPS) is 16.1. The predicted molar refractivity (Wildman–Crippen MR) is 96.9 cm³/mol. The van der Waals surface area contributed by atoms with Gasteiger partial charge in [-0.15, -0.1) is 0 Å². The second-order valence-electron chi connectivity index (χ2n) is 6.06. The summed E-state index contributed by atoms with van der Waals surface area (Å²) < 4.78 is 50.6. The number of benzene rings is 1. The summed E-state index contributed by atoms with van der Waals surface area (Å²) >= 11 is 0.